The number of hydrogen-bond donors (Lipinski definition) is 2. The molecule has 82 valence electrons. The lowest BCUT2D eigenvalue weighted by molar-refractivity contribution is 0.523. The van der Waals surface area contributed by atoms with Gasteiger partial charge in [-0.1, -0.05) is 31.6 Å². The Bertz CT molecular complexity index is 375. The molecule has 0 fully saturated rings. The summed E-state index contributed by atoms with van der Waals surface area (Å²) >= 11 is 6.03. The molecule has 2 nitrogen and oxygen atoms in total. The Labute approximate surface area is 95.8 Å². The van der Waals surface area contributed by atoms with Crippen molar-refractivity contribution in [1.29, 1.82) is 0 Å². The maximum Gasteiger partial charge on any atom is 0.0569 e. The second kappa shape index (κ2) is 3.69. The maximum atomic E-state index is 6.03. The zero-order chi connectivity index (χ0) is 11.1. The third kappa shape index (κ3) is 1.44. The molecule has 2 rings (SSSR count). The number of hydrogen-bond acceptors (Lipinski definition) is 2. The molecule has 0 heterocycles. The first kappa shape index (κ1) is 10.8. The zero-order valence-electron chi connectivity index (χ0n) is 9.23. The van der Waals surface area contributed by atoms with Gasteiger partial charge in [0.15, 0.2) is 0 Å². The summed E-state index contributed by atoms with van der Waals surface area (Å²) in [6.07, 6.45) is 6.60. The van der Waals surface area contributed by atoms with Gasteiger partial charge in [-0.15, -0.1) is 11.6 Å². The van der Waals surface area contributed by atoms with Gasteiger partial charge in [-0.25, -0.2) is 0 Å². The Balaban J connectivity index is 2.55. The first-order valence-corrected chi connectivity index (χ1v) is 5.83. The van der Waals surface area contributed by atoms with Crippen LogP contribution in [0.2, 0.25) is 0 Å². The molecule has 0 radical (unpaired) electrons. The summed E-state index contributed by atoms with van der Waals surface area (Å²) in [6.45, 7) is 4.45. The highest BCUT2D eigenvalue weighted by Crippen LogP contribution is 2.49. The van der Waals surface area contributed by atoms with Gasteiger partial charge in [0.2, 0.25) is 0 Å². The predicted molar refractivity (Wildman–Crippen MR) is 64.3 cm³/mol. The molecule has 0 aromatic carbocycles. The number of nitrogens with one attached hydrogen (secondary N) is 1. The van der Waals surface area contributed by atoms with Crippen LogP contribution < -0.4 is 11.3 Å². The Morgan fingerprint density at radius 1 is 1.53 bits per heavy atom. The molecule has 0 aromatic rings. The quantitative estimate of drug-likeness (QED) is 0.430. The molecule has 0 aliphatic heterocycles. The van der Waals surface area contributed by atoms with Gasteiger partial charge in [0.1, 0.15) is 0 Å². The van der Waals surface area contributed by atoms with Crippen LogP contribution in [0, 0.1) is 5.41 Å². The summed E-state index contributed by atoms with van der Waals surface area (Å²) in [5.41, 5.74) is 7.83. The number of hydrazine groups is 1. The molecular formula is C12H17ClN2. The SMILES string of the molecule is CC1(C)C2=C(C=CCC2)C(NN)=C1CCl. The van der Waals surface area contributed by atoms with E-state index in [1.807, 2.05) is 0 Å². The second-order valence-electron chi connectivity index (χ2n) is 4.59. The smallest absolute Gasteiger partial charge is 0.0569 e. The number of alkyl halides is 1. The third-order valence-corrected chi connectivity index (χ3v) is 3.80. The second-order valence-corrected chi connectivity index (χ2v) is 4.86. The van der Waals surface area contributed by atoms with Crippen LogP contribution in [0.1, 0.15) is 26.7 Å². The van der Waals surface area contributed by atoms with E-state index in [0.29, 0.717) is 5.88 Å². The minimum atomic E-state index is 0.0591. The molecule has 2 aliphatic rings. The van der Waals surface area contributed by atoms with Crippen LogP contribution >= 0.6 is 11.6 Å². The van der Waals surface area contributed by atoms with Crippen molar-refractivity contribution in [3.63, 3.8) is 0 Å². The third-order valence-electron chi connectivity index (χ3n) is 3.53. The van der Waals surface area contributed by atoms with Crippen molar-refractivity contribution < 1.29 is 0 Å². The fraction of sp³-hybridized carbons (Fsp3) is 0.500. The molecule has 0 aromatic heterocycles. The highest BCUT2D eigenvalue weighted by Gasteiger charge is 2.38. The van der Waals surface area contributed by atoms with Crippen LogP contribution in [0.15, 0.2) is 34.6 Å². The van der Waals surface area contributed by atoms with E-state index >= 15 is 0 Å². The van der Waals surface area contributed by atoms with E-state index in [0.717, 1.165) is 18.5 Å². The van der Waals surface area contributed by atoms with Crippen molar-refractivity contribution in [3.05, 3.63) is 34.6 Å². The average Bonchev–Trinajstić information content (AvgIpc) is 2.46. The topological polar surface area (TPSA) is 38.0 Å². The van der Waals surface area contributed by atoms with Crippen molar-refractivity contribution in [1.82, 2.24) is 5.43 Å². The normalized spacial score (nSPS) is 23.5. The first-order chi connectivity index (χ1) is 7.12. The zero-order valence-corrected chi connectivity index (χ0v) is 9.99. The largest absolute Gasteiger partial charge is 0.324 e. The molecular weight excluding hydrogens is 208 g/mol. The van der Waals surface area contributed by atoms with Gasteiger partial charge >= 0.3 is 0 Å². The summed E-state index contributed by atoms with van der Waals surface area (Å²) in [4.78, 5) is 0. The fourth-order valence-corrected chi connectivity index (χ4v) is 3.07. The fourth-order valence-electron chi connectivity index (χ4n) is 2.60. The highest BCUT2D eigenvalue weighted by molar-refractivity contribution is 6.19. The number of halogens is 1. The summed E-state index contributed by atoms with van der Waals surface area (Å²) < 4.78 is 0. The minimum Gasteiger partial charge on any atom is -0.324 e. The van der Waals surface area contributed by atoms with E-state index in [9.17, 15) is 0 Å². The molecule has 15 heavy (non-hydrogen) atoms. The predicted octanol–water partition coefficient (Wildman–Crippen LogP) is 2.63. The standard InChI is InChI=1S/C12H17ClN2/c1-12(2)9-6-4-3-5-8(9)11(15-14)10(12)7-13/h3,5,15H,4,6-7,14H2,1-2H3. The van der Waals surface area contributed by atoms with E-state index in [4.69, 9.17) is 17.4 Å². The van der Waals surface area contributed by atoms with Crippen molar-refractivity contribution in [2.75, 3.05) is 5.88 Å². The molecule has 0 spiro atoms. The summed E-state index contributed by atoms with van der Waals surface area (Å²) in [5.74, 6) is 6.13. The van der Waals surface area contributed by atoms with Crippen LogP contribution in [0.4, 0.5) is 0 Å². The monoisotopic (exact) mass is 224 g/mol. The molecule has 0 amide bonds. The first-order valence-electron chi connectivity index (χ1n) is 5.29. The van der Waals surface area contributed by atoms with E-state index in [2.05, 4.69) is 31.4 Å². The molecule has 0 saturated carbocycles. The lowest BCUT2D eigenvalue weighted by Crippen LogP contribution is -2.24. The Kier molecular flexibility index (Phi) is 2.65. The summed E-state index contributed by atoms with van der Waals surface area (Å²) in [5, 5.41) is 0. The van der Waals surface area contributed by atoms with Crippen LogP contribution in [-0.4, -0.2) is 5.88 Å². The lowest BCUT2D eigenvalue weighted by Gasteiger charge is -2.27. The Morgan fingerprint density at radius 2 is 2.27 bits per heavy atom. The van der Waals surface area contributed by atoms with Gasteiger partial charge in [-0.05, 0) is 24.0 Å². The summed E-state index contributed by atoms with van der Waals surface area (Å²) in [7, 11) is 0. The van der Waals surface area contributed by atoms with E-state index in [1.165, 1.54) is 16.7 Å². The van der Waals surface area contributed by atoms with Gasteiger partial charge in [0, 0.05) is 11.3 Å². The Hall–Kier alpha value is -0.730. The molecule has 0 atom stereocenters. The lowest BCUT2D eigenvalue weighted by atomic mass is 9.78. The Morgan fingerprint density at radius 3 is 2.87 bits per heavy atom. The molecule has 0 bridgehead atoms. The van der Waals surface area contributed by atoms with E-state index in [-0.39, 0.29) is 5.41 Å². The van der Waals surface area contributed by atoms with Gasteiger partial charge in [0.25, 0.3) is 0 Å². The van der Waals surface area contributed by atoms with Crippen LogP contribution in [0.5, 0.6) is 0 Å². The molecule has 3 heteroatoms. The number of allylic oxidation sites excluding steroid dienone is 4. The van der Waals surface area contributed by atoms with E-state index in [1.54, 1.807) is 0 Å². The highest BCUT2D eigenvalue weighted by atomic mass is 35.5. The van der Waals surface area contributed by atoms with Gasteiger partial charge in [-0.2, -0.15) is 0 Å². The van der Waals surface area contributed by atoms with Gasteiger partial charge in [0.05, 0.1) is 5.70 Å². The number of nitrogens with two attached hydrogens (primary N) is 1. The molecule has 0 saturated heterocycles. The van der Waals surface area contributed by atoms with Crippen molar-refractivity contribution in [2.45, 2.75) is 26.7 Å². The van der Waals surface area contributed by atoms with Crippen molar-refractivity contribution >= 4 is 11.6 Å². The maximum absolute atomic E-state index is 6.03. The van der Waals surface area contributed by atoms with Crippen molar-refractivity contribution in [2.24, 2.45) is 11.3 Å². The molecule has 0 unspecified atom stereocenters. The van der Waals surface area contributed by atoms with E-state index < -0.39 is 0 Å². The van der Waals surface area contributed by atoms with Crippen LogP contribution in [0.3, 0.4) is 0 Å². The number of rotatable bonds is 2. The summed E-state index contributed by atoms with van der Waals surface area (Å²) in [6, 6.07) is 0. The molecule has 3 N–H and O–H groups in total. The van der Waals surface area contributed by atoms with Crippen LogP contribution in [0.25, 0.3) is 0 Å². The van der Waals surface area contributed by atoms with Crippen molar-refractivity contribution in [3.8, 4) is 0 Å². The minimum absolute atomic E-state index is 0.0591. The molecule has 2 aliphatic carbocycles. The van der Waals surface area contributed by atoms with Gasteiger partial charge in [-0.3, -0.25) is 5.84 Å². The van der Waals surface area contributed by atoms with Crippen LogP contribution in [-0.2, 0) is 0 Å². The van der Waals surface area contributed by atoms with Gasteiger partial charge < -0.3 is 5.43 Å². The average molecular weight is 225 g/mol.